The molecule has 5 rings (SSSR count). The van der Waals surface area contributed by atoms with Crippen molar-refractivity contribution in [3.63, 3.8) is 0 Å². The first kappa shape index (κ1) is 18.9. The zero-order chi connectivity index (χ0) is 18.9. The van der Waals surface area contributed by atoms with E-state index < -0.39 is 0 Å². The van der Waals surface area contributed by atoms with E-state index in [1.54, 1.807) is 6.08 Å². The second kappa shape index (κ2) is 7.87. The van der Waals surface area contributed by atoms with Crippen molar-refractivity contribution in [1.29, 1.82) is 0 Å². The highest BCUT2D eigenvalue weighted by Crippen LogP contribution is 2.61. The lowest BCUT2D eigenvalue weighted by Gasteiger charge is -2.59. The van der Waals surface area contributed by atoms with Gasteiger partial charge in [-0.2, -0.15) is 0 Å². The molecule has 0 heterocycles. The maximum atomic E-state index is 5.79. The lowest BCUT2D eigenvalue weighted by molar-refractivity contribution is -0.0706. The average Bonchev–Trinajstić information content (AvgIpc) is 2.64. The third kappa shape index (κ3) is 3.89. The minimum Gasteiger partial charge on any atom is -0.490 e. The van der Waals surface area contributed by atoms with E-state index in [1.165, 1.54) is 44.1 Å². The number of hydrogen-bond acceptors (Lipinski definition) is 3. The van der Waals surface area contributed by atoms with Gasteiger partial charge in [0.1, 0.15) is 6.61 Å². The van der Waals surface area contributed by atoms with Crippen molar-refractivity contribution in [3.05, 3.63) is 36.4 Å². The fourth-order valence-corrected chi connectivity index (χ4v) is 6.39. The van der Waals surface area contributed by atoms with Gasteiger partial charge in [-0.05, 0) is 93.2 Å². The minimum atomic E-state index is 0.501. The van der Waals surface area contributed by atoms with E-state index in [4.69, 9.17) is 9.47 Å². The van der Waals surface area contributed by atoms with Gasteiger partial charge >= 0.3 is 0 Å². The van der Waals surface area contributed by atoms with Crippen LogP contribution < -0.4 is 14.8 Å². The third-order valence-corrected chi connectivity index (χ3v) is 7.28. The SMILES string of the molecule is C=CCOc1ccc(CN[C@H](C)C23CC4CC(CC(C4)C2)C3)cc1OCC. The fraction of sp³-hybridized carbons (Fsp3) is 0.667. The molecular formula is C24H35NO2. The summed E-state index contributed by atoms with van der Waals surface area (Å²) in [6, 6.07) is 6.89. The Kier molecular flexibility index (Phi) is 5.50. The van der Waals surface area contributed by atoms with Crippen LogP contribution in [0.25, 0.3) is 0 Å². The highest BCUT2D eigenvalue weighted by molar-refractivity contribution is 5.43. The molecule has 4 aliphatic rings. The summed E-state index contributed by atoms with van der Waals surface area (Å²) in [5.41, 5.74) is 1.81. The molecule has 0 radical (unpaired) electrons. The van der Waals surface area contributed by atoms with Crippen molar-refractivity contribution < 1.29 is 9.47 Å². The lowest BCUT2D eigenvalue weighted by atomic mass is 9.48. The van der Waals surface area contributed by atoms with E-state index >= 15 is 0 Å². The van der Waals surface area contributed by atoms with Crippen LogP contribution in [0.3, 0.4) is 0 Å². The zero-order valence-corrected chi connectivity index (χ0v) is 17.0. The molecule has 0 spiro atoms. The molecule has 0 amide bonds. The molecule has 4 saturated carbocycles. The predicted octanol–water partition coefficient (Wildman–Crippen LogP) is 5.34. The van der Waals surface area contributed by atoms with Gasteiger partial charge < -0.3 is 14.8 Å². The average molecular weight is 370 g/mol. The van der Waals surface area contributed by atoms with Crippen LogP contribution in [0.4, 0.5) is 0 Å². The zero-order valence-electron chi connectivity index (χ0n) is 17.0. The summed E-state index contributed by atoms with van der Waals surface area (Å²) in [4.78, 5) is 0. The molecule has 1 N–H and O–H groups in total. The molecule has 4 fully saturated rings. The van der Waals surface area contributed by atoms with Crippen LogP contribution in [0, 0.1) is 23.2 Å². The van der Waals surface area contributed by atoms with Crippen molar-refractivity contribution >= 4 is 0 Å². The molecule has 1 aromatic carbocycles. The van der Waals surface area contributed by atoms with Crippen molar-refractivity contribution in [1.82, 2.24) is 5.32 Å². The van der Waals surface area contributed by atoms with Crippen LogP contribution in [-0.2, 0) is 6.54 Å². The van der Waals surface area contributed by atoms with Crippen LogP contribution in [-0.4, -0.2) is 19.3 Å². The van der Waals surface area contributed by atoms with Crippen LogP contribution in [0.5, 0.6) is 11.5 Å². The molecule has 0 aliphatic heterocycles. The molecule has 1 atom stereocenters. The van der Waals surface area contributed by atoms with E-state index in [0.29, 0.717) is 24.7 Å². The standard InChI is InChI=1S/C24H35NO2/c1-4-8-27-22-7-6-18(12-23(22)26-5-2)16-25-17(3)24-13-19-9-20(14-24)11-21(10-19)15-24/h4,6-7,12,17,19-21,25H,1,5,8-11,13-16H2,2-3H3/t17-,19?,20?,21?,24?/m1/s1. The summed E-state index contributed by atoms with van der Waals surface area (Å²) in [5.74, 6) is 4.65. The fourth-order valence-electron chi connectivity index (χ4n) is 6.39. The van der Waals surface area contributed by atoms with Gasteiger partial charge in [-0.15, -0.1) is 0 Å². The van der Waals surface area contributed by atoms with E-state index in [0.717, 1.165) is 35.8 Å². The molecule has 148 valence electrons. The largest absolute Gasteiger partial charge is 0.490 e. The summed E-state index contributed by atoms with van der Waals surface area (Å²) >= 11 is 0. The van der Waals surface area contributed by atoms with Crippen molar-refractivity contribution in [3.8, 4) is 11.5 Å². The normalized spacial score (nSPS) is 32.3. The Hall–Kier alpha value is -1.48. The summed E-state index contributed by atoms with van der Waals surface area (Å²) in [6.45, 7) is 10.2. The van der Waals surface area contributed by atoms with Crippen LogP contribution in [0.15, 0.2) is 30.9 Å². The first-order valence-electron chi connectivity index (χ1n) is 10.8. The Balaban J connectivity index is 1.40. The van der Waals surface area contributed by atoms with Crippen molar-refractivity contribution in [2.24, 2.45) is 23.2 Å². The maximum Gasteiger partial charge on any atom is 0.161 e. The Morgan fingerprint density at radius 2 is 1.78 bits per heavy atom. The van der Waals surface area contributed by atoms with Crippen LogP contribution in [0.1, 0.15) is 57.9 Å². The van der Waals surface area contributed by atoms with Crippen LogP contribution >= 0.6 is 0 Å². The Labute approximate surface area is 164 Å². The first-order chi connectivity index (χ1) is 13.1. The number of hydrogen-bond donors (Lipinski definition) is 1. The van der Waals surface area contributed by atoms with Gasteiger partial charge in [0.05, 0.1) is 6.61 Å². The molecule has 4 bridgehead atoms. The van der Waals surface area contributed by atoms with Gasteiger partial charge in [0.25, 0.3) is 0 Å². The van der Waals surface area contributed by atoms with Gasteiger partial charge in [-0.25, -0.2) is 0 Å². The van der Waals surface area contributed by atoms with Gasteiger partial charge in [0.15, 0.2) is 11.5 Å². The second-order valence-electron chi connectivity index (χ2n) is 9.20. The van der Waals surface area contributed by atoms with E-state index in [9.17, 15) is 0 Å². The topological polar surface area (TPSA) is 30.5 Å². The summed E-state index contributed by atoms with van der Waals surface area (Å²) in [7, 11) is 0. The number of ether oxygens (including phenoxy) is 2. The van der Waals surface area contributed by atoms with E-state index in [2.05, 4.69) is 31.0 Å². The summed E-state index contributed by atoms with van der Waals surface area (Å²) in [6.07, 6.45) is 10.6. The molecule has 3 heteroatoms. The third-order valence-electron chi connectivity index (χ3n) is 7.28. The van der Waals surface area contributed by atoms with Gasteiger partial charge in [-0.3, -0.25) is 0 Å². The molecular weight excluding hydrogens is 334 g/mol. The summed E-state index contributed by atoms with van der Waals surface area (Å²) in [5, 5.41) is 3.88. The first-order valence-corrected chi connectivity index (χ1v) is 10.8. The molecule has 0 aromatic heterocycles. The smallest absolute Gasteiger partial charge is 0.161 e. The summed E-state index contributed by atoms with van der Waals surface area (Å²) < 4.78 is 11.5. The van der Waals surface area contributed by atoms with Crippen LogP contribution in [0.2, 0.25) is 0 Å². The van der Waals surface area contributed by atoms with Crippen molar-refractivity contribution in [2.75, 3.05) is 13.2 Å². The van der Waals surface area contributed by atoms with E-state index in [1.807, 2.05) is 13.0 Å². The van der Waals surface area contributed by atoms with Crippen molar-refractivity contribution in [2.45, 2.75) is 65.0 Å². The molecule has 1 aromatic rings. The quantitative estimate of drug-likeness (QED) is 0.596. The maximum absolute atomic E-state index is 5.79. The molecule has 4 aliphatic carbocycles. The lowest BCUT2D eigenvalue weighted by Crippen LogP contribution is -2.54. The monoisotopic (exact) mass is 369 g/mol. The van der Waals surface area contributed by atoms with E-state index in [-0.39, 0.29) is 0 Å². The molecule has 0 unspecified atom stereocenters. The Bertz CT molecular complexity index is 633. The Morgan fingerprint density at radius 1 is 1.11 bits per heavy atom. The highest BCUT2D eigenvalue weighted by atomic mass is 16.5. The van der Waals surface area contributed by atoms with Gasteiger partial charge in [0, 0.05) is 12.6 Å². The number of benzene rings is 1. The highest BCUT2D eigenvalue weighted by Gasteiger charge is 2.52. The molecule has 27 heavy (non-hydrogen) atoms. The second-order valence-corrected chi connectivity index (χ2v) is 9.20. The number of rotatable bonds is 9. The molecule has 0 saturated heterocycles. The minimum absolute atomic E-state index is 0.501. The van der Waals surface area contributed by atoms with Gasteiger partial charge in [-0.1, -0.05) is 18.7 Å². The Morgan fingerprint density at radius 3 is 2.37 bits per heavy atom. The number of nitrogens with one attached hydrogen (secondary N) is 1. The predicted molar refractivity (Wildman–Crippen MR) is 110 cm³/mol. The van der Waals surface area contributed by atoms with Gasteiger partial charge in [0.2, 0.25) is 0 Å². The molecule has 3 nitrogen and oxygen atoms in total.